The molecule has 2 nitrogen and oxygen atoms in total. The summed E-state index contributed by atoms with van der Waals surface area (Å²) >= 11 is 3.80. The largest absolute Gasteiger partial charge is 0.381 e. The zero-order chi connectivity index (χ0) is 34.2. The first-order valence-corrected chi connectivity index (χ1v) is 19.5. The highest BCUT2D eigenvalue weighted by Gasteiger charge is 2.49. The van der Waals surface area contributed by atoms with E-state index in [2.05, 4.69) is 186 Å². The van der Waals surface area contributed by atoms with Crippen molar-refractivity contribution in [3.8, 4) is 16.8 Å². The first-order chi connectivity index (χ1) is 25.8. The Balaban J connectivity index is 1.22. The molecule has 7 aromatic carbocycles. The molecule has 1 atom stereocenters. The lowest BCUT2D eigenvalue weighted by molar-refractivity contribution is 0.667. The van der Waals surface area contributed by atoms with E-state index in [1.165, 1.54) is 91.7 Å². The molecule has 1 N–H and O–H groups in total. The van der Waals surface area contributed by atoms with E-state index in [0.717, 1.165) is 6.54 Å². The maximum Gasteiger partial charge on any atom is 0.0745 e. The Morgan fingerprint density at radius 3 is 2.00 bits per heavy atom. The topological polar surface area (TPSA) is 17.0 Å². The Morgan fingerprint density at radius 1 is 0.519 bits per heavy atom. The Bertz CT molecular complexity index is 2800. The quantitative estimate of drug-likeness (QED) is 0.198. The smallest absolute Gasteiger partial charge is 0.0745 e. The number of nitrogens with zero attached hydrogens (tertiary/aromatic N) is 1. The number of benzene rings is 7. The van der Waals surface area contributed by atoms with Crippen molar-refractivity contribution in [2.24, 2.45) is 0 Å². The van der Waals surface area contributed by atoms with Gasteiger partial charge in [-0.2, -0.15) is 0 Å². The lowest BCUT2D eigenvalue weighted by Gasteiger charge is -2.45. The van der Waals surface area contributed by atoms with Crippen LogP contribution >= 0.6 is 23.5 Å². The maximum absolute atomic E-state index is 3.59. The molecule has 3 aliphatic heterocycles. The minimum Gasteiger partial charge on any atom is -0.381 e. The average molecular weight is 701 g/mol. The van der Waals surface area contributed by atoms with Gasteiger partial charge in [-0.3, -0.25) is 0 Å². The van der Waals surface area contributed by atoms with E-state index >= 15 is 0 Å². The van der Waals surface area contributed by atoms with Gasteiger partial charge in [-0.25, -0.2) is 0 Å². The number of para-hydroxylation sites is 3. The first-order valence-electron chi connectivity index (χ1n) is 17.8. The van der Waals surface area contributed by atoms with E-state index in [1.807, 2.05) is 23.5 Å². The predicted molar refractivity (Wildman–Crippen MR) is 218 cm³/mol. The van der Waals surface area contributed by atoms with Gasteiger partial charge < -0.3 is 9.88 Å². The van der Waals surface area contributed by atoms with Crippen LogP contribution in [0.1, 0.15) is 27.8 Å². The average Bonchev–Trinajstić information content (AvgIpc) is 3.56. The summed E-state index contributed by atoms with van der Waals surface area (Å²) in [5.74, 6) is 0. The molecule has 0 saturated carbocycles. The molecule has 0 fully saturated rings. The van der Waals surface area contributed by atoms with Crippen LogP contribution in [0.5, 0.6) is 0 Å². The zero-order valence-electron chi connectivity index (χ0n) is 28.2. The summed E-state index contributed by atoms with van der Waals surface area (Å²) < 4.78 is 2.45. The SMILES string of the molecule is C1=CCNC(c2ccc3c(c2)Sc2ccccc2C32c3ccccc3Sc3ccc(-c4cccc5c6ccccc6n(-c6ccccc6)c45)cc32)=C1. The van der Waals surface area contributed by atoms with Crippen LogP contribution in [0.4, 0.5) is 0 Å². The van der Waals surface area contributed by atoms with E-state index < -0.39 is 5.41 Å². The van der Waals surface area contributed by atoms with Crippen LogP contribution in [0.3, 0.4) is 0 Å². The molecule has 4 heterocycles. The van der Waals surface area contributed by atoms with Crippen molar-refractivity contribution in [2.45, 2.75) is 25.0 Å². The van der Waals surface area contributed by atoms with E-state index in [-0.39, 0.29) is 0 Å². The fourth-order valence-electron chi connectivity index (χ4n) is 8.76. The molecule has 3 aliphatic rings. The molecule has 4 heteroatoms. The molecule has 0 saturated heterocycles. The lowest BCUT2D eigenvalue weighted by atomic mass is 9.64. The van der Waals surface area contributed by atoms with Gasteiger partial charge in [0.1, 0.15) is 0 Å². The van der Waals surface area contributed by atoms with Gasteiger partial charge in [0.05, 0.1) is 16.4 Å². The molecule has 0 bridgehead atoms. The van der Waals surface area contributed by atoms with Gasteiger partial charge in [0, 0.05) is 53.8 Å². The van der Waals surface area contributed by atoms with Crippen molar-refractivity contribution in [3.05, 3.63) is 204 Å². The molecule has 1 spiro atoms. The number of nitrogens with one attached hydrogen (secondary N) is 1. The van der Waals surface area contributed by atoms with Crippen LogP contribution in [0.25, 0.3) is 44.3 Å². The Morgan fingerprint density at radius 2 is 1.19 bits per heavy atom. The molecule has 1 aromatic heterocycles. The monoisotopic (exact) mass is 700 g/mol. The van der Waals surface area contributed by atoms with Gasteiger partial charge in [0.15, 0.2) is 0 Å². The molecule has 8 aromatic rings. The summed E-state index contributed by atoms with van der Waals surface area (Å²) in [4.78, 5) is 5.23. The van der Waals surface area contributed by atoms with Gasteiger partial charge in [0.2, 0.25) is 0 Å². The predicted octanol–water partition coefficient (Wildman–Crippen LogP) is 12.3. The maximum atomic E-state index is 3.59. The number of dihydropyridines is 1. The minimum atomic E-state index is -0.489. The molecular formula is C48H32N2S2. The minimum absolute atomic E-state index is 0.489. The third-order valence-corrected chi connectivity index (χ3v) is 13.2. The highest BCUT2D eigenvalue weighted by atomic mass is 32.2. The Hall–Kier alpha value is -5.68. The van der Waals surface area contributed by atoms with Crippen molar-refractivity contribution >= 4 is 51.0 Å². The van der Waals surface area contributed by atoms with Crippen LogP contribution in [0.15, 0.2) is 196 Å². The summed E-state index contributed by atoms with van der Waals surface area (Å²) in [6, 6.07) is 59.0. The number of allylic oxidation sites excluding steroid dienone is 2. The van der Waals surface area contributed by atoms with Crippen LogP contribution in [0.2, 0.25) is 0 Å². The molecular weight excluding hydrogens is 669 g/mol. The molecule has 0 aliphatic carbocycles. The number of aromatic nitrogens is 1. The van der Waals surface area contributed by atoms with E-state index in [9.17, 15) is 0 Å². The number of rotatable bonds is 3. The Kier molecular flexibility index (Phi) is 6.73. The normalized spacial score (nSPS) is 16.9. The van der Waals surface area contributed by atoms with Gasteiger partial charge in [0.25, 0.3) is 0 Å². The lowest BCUT2D eigenvalue weighted by Crippen LogP contribution is -2.36. The fourth-order valence-corrected chi connectivity index (χ4v) is 11.2. The second-order valence-electron chi connectivity index (χ2n) is 13.6. The Labute approximate surface area is 311 Å². The summed E-state index contributed by atoms with van der Waals surface area (Å²) in [5, 5.41) is 6.12. The van der Waals surface area contributed by atoms with Crippen molar-refractivity contribution < 1.29 is 0 Å². The summed E-state index contributed by atoms with van der Waals surface area (Å²) in [5.41, 5.74) is 13.4. The molecule has 246 valence electrons. The second kappa shape index (κ2) is 11.7. The van der Waals surface area contributed by atoms with E-state index in [1.54, 1.807) is 0 Å². The van der Waals surface area contributed by atoms with Gasteiger partial charge >= 0.3 is 0 Å². The number of fused-ring (bicyclic) bond motifs is 11. The summed E-state index contributed by atoms with van der Waals surface area (Å²) in [7, 11) is 0. The van der Waals surface area contributed by atoms with Crippen LogP contribution in [0, 0.1) is 0 Å². The number of hydrogen-bond donors (Lipinski definition) is 1. The van der Waals surface area contributed by atoms with Gasteiger partial charge in [-0.1, -0.05) is 145 Å². The third-order valence-electron chi connectivity index (χ3n) is 10.9. The zero-order valence-corrected chi connectivity index (χ0v) is 29.8. The van der Waals surface area contributed by atoms with Gasteiger partial charge in [-0.15, -0.1) is 0 Å². The second-order valence-corrected chi connectivity index (χ2v) is 15.8. The standard InChI is InChI=1S/C48H32N2S2/c1-2-13-33(14-3-1)50-42-21-7-4-15-35(42)36-17-12-16-34(47(36)50)31-25-27-45-40(29-31)48(37-18-5-8-22-43(37)51-45)38-19-6-9-23-44(38)52-46-30-32(24-26-39(46)48)41-20-10-11-28-49-41/h1-27,29-30,49H,28H2. The van der Waals surface area contributed by atoms with E-state index in [4.69, 9.17) is 0 Å². The van der Waals surface area contributed by atoms with Crippen molar-refractivity contribution in [1.82, 2.24) is 9.88 Å². The molecule has 1 unspecified atom stereocenters. The number of hydrogen-bond acceptors (Lipinski definition) is 3. The fraction of sp³-hybridized carbons (Fsp3) is 0.0417. The van der Waals surface area contributed by atoms with Crippen molar-refractivity contribution in [1.29, 1.82) is 0 Å². The highest BCUT2D eigenvalue weighted by molar-refractivity contribution is 8.00. The molecule has 0 amide bonds. The summed E-state index contributed by atoms with van der Waals surface area (Å²) in [6.07, 6.45) is 6.50. The summed E-state index contributed by atoms with van der Waals surface area (Å²) in [6.45, 7) is 0.847. The highest BCUT2D eigenvalue weighted by Crippen LogP contribution is 2.62. The first kappa shape index (κ1) is 30.0. The van der Waals surface area contributed by atoms with Crippen LogP contribution in [-0.2, 0) is 5.41 Å². The van der Waals surface area contributed by atoms with Gasteiger partial charge in [-0.05, 0) is 88.0 Å². The molecule has 11 rings (SSSR count). The van der Waals surface area contributed by atoms with E-state index in [0.29, 0.717) is 0 Å². The van der Waals surface area contributed by atoms with Crippen molar-refractivity contribution in [2.75, 3.05) is 6.54 Å². The molecule has 0 radical (unpaired) electrons. The van der Waals surface area contributed by atoms with Crippen molar-refractivity contribution in [3.63, 3.8) is 0 Å². The molecule has 52 heavy (non-hydrogen) atoms. The van der Waals surface area contributed by atoms with Crippen LogP contribution in [-0.4, -0.2) is 11.1 Å². The van der Waals surface area contributed by atoms with Crippen LogP contribution < -0.4 is 5.32 Å². The third kappa shape index (κ3) is 4.28.